The number of carbonyl (C=O) groups excluding carboxylic acids is 4. The predicted molar refractivity (Wildman–Crippen MR) is 104 cm³/mol. The molecule has 1 saturated heterocycles. The van der Waals surface area contributed by atoms with Crippen LogP contribution in [-0.2, 0) is 25.4 Å². The Balaban J connectivity index is 2.15. The smallest absolute Gasteiger partial charge is 0.416 e. The molecule has 1 heterocycles. The lowest BCUT2D eigenvalue weighted by Crippen LogP contribution is -2.54. The maximum atomic E-state index is 14.0. The van der Waals surface area contributed by atoms with Crippen LogP contribution in [0.5, 0.6) is 0 Å². The van der Waals surface area contributed by atoms with Crippen molar-refractivity contribution in [2.24, 2.45) is 0 Å². The second kappa shape index (κ2) is 10.1. The molecule has 2 rings (SSSR count). The first kappa shape index (κ1) is 26.7. The van der Waals surface area contributed by atoms with Gasteiger partial charge >= 0.3 is 12.1 Å². The average Bonchev–Trinajstić information content (AvgIpc) is 3.07. The van der Waals surface area contributed by atoms with E-state index in [1.807, 2.05) is 5.32 Å². The number of alkyl halides is 5. The van der Waals surface area contributed by atoms with Gasteiger partial charge in [0.15, 0.2) is 0 Å². The third-order valence-corrected chi connectivity index (χ3v) is 4.91. The van der Waals surface area contributed by atoms with E-state index in [0.717, 1.165) is 25.1 Å². The molecule has 3 N–H and O–H groups in total. The Morgan fingerprint density at radius 3 is 2.44 bits per heavy atom. The van der Waals surface area contributed by atoms with E-state index in [4.69, 9.17) is 5.11 Å². The van der Waals surface area contributed by atoms with Gasteiger partial charge in [-0.2, -0.15) is 13.2 Å². The van der Waals surface area contributed by atoms with Crippen LogP contribution in [0.3, 0.4) is 0 Å². The van der Waals surface area contributed by atoms with Crippen molar-refractivity contribution in [2.75, 3.05) is 6.54 Å². The fourth-order valence-corrected chi connectivity index (χ4v) is 3.31. The summed E-state index contributed by atoms with van der Waals surface area (Å²) in [7, 11) is 0. The number of halogens is 5. The number of likely N-dealkylation sites (tertiary alicyclic amines) is 1. The van der Waals surface area contributed by atoms with Crippen molar-refractivity contribution in [2.45, 2.75) is 50.0 Å². The number of aldehydes is 1. The maximum Gasteiger partial charge on any atom is 0.416 e. The van der Waals surface area contributed by atoms with Crippen LogP contribution in [0, 0.1) is 0 Å². The largest absolute Gasteiger partial charge is 0.481 e. The first-order valence-corrected chi connectivity index (χ1v) is 9.78. The van der Waals surface area contributed by atoms with Gasteiger partial charge in [-0.3, -0.25) is 19.2 Å². The van der Waals surface area contributed by atoms with E-state index in [9.17, 15) is 45.9 Å². The van der Waals surface area contributed by atoms with Gasteiger partial charge in [0.1, 0.15) is 18.4 Å². The molecular weight excluding hydrogens is 473 g/mol. The first-order chi connectivity index (χ1) is 15.6. The van der Waals surface area contributed by atoms with Gasteiger partial charge in [-0.15, -0.1) is 0 Å². The van der Waals surface area contributed by atoms with Gasteiger partial charge < -0.3 is 25.4 Å². The minimum atomic E-state index is -4.72. The van der Waals surface area contributed by atoms with E-state index in [-0.39, 0.29) is 6.29 Å². The number of hydrogen-bond donors (Lipinski definition) is 3. The number of nitrogens with zero attached hydrogens (tertiary/aromatic N) is 1. The number of carboxylic acids is 1. The monoisotopic (exact) mass is 493 g/mol. The van der Waals surface area contributed by atoms with Gasteiger partial charge in [0.2, 0.25) is 11.8 Å². The summed E-state index contributed by atoms with van der Waals surface area (Å²) in [5.74, 6) is -8.33. The highest BCUT2D eigenvalue weighted by Crippen LogP contribution is 2.33. The van der Waals surface area contributed by atoms with Crippen molar-refractivity contribution < 1.29 is 51.0 Å². The molecule has 0 radical (unpaired) electrons. The Bertz CT molecular complexity index is 984. The zero-order chi connectivity index (χ0) is 25.8. The molecule has 1 aliphatic rings. The second-order valence-electron chi connectivity index (χ2n) is 7.66. The molecule has 0 spiro atoms. The van der Waals surface area contributed by atoms with E-state index in [2.05, 4.69) is 5.32 Å². The Morgan fingerprint density at radius 1 is 1.24 bits per heavy atom. The van der Waals surface area contributed by atoms with Crippen LogP contribution in [-0.4, -0.2) is 70.6 Å². The lowest BCUT2D eigenvalue weighted by atomic mass is 10.1. The molecule has 34 heavy (non-hydrogen) atoms. The number of amides is 3. The number of benzene rings is 1. The van der Waals surface area contributed by atoms with Gasteiger partial charge in [-0.05, 0) is 25.1 Å². The summed E-state index contributed by atoms with van der Waals surface area (Å²) >= 11 is 0. The molecule has 14 heteroatoms. The number of nitrogens with one attached hydrogen (secondary N) is 2. The molecule has 0 aromatic heterocycles. The molecule has 1 fully saturated rings. The molecule has 0 aliphatic carbocycles. The molecule has 9 nitrogen and oxygen atoms in total. The Hall–Kier alpha value is -3.58. The molecule has 3 atom stereocenters. The molecule has 1 aromatic rings. The highest BCUT2D eigenvalue weighted by Gasteiger charge is 2.51. The van der Waals surface area contributed by atoms with Crippen LogP contribution >= 0.6 is 0 Å². The Morgan fingerprint density at radius 2 is 1.88 bits per heavy atom. The number of carbonyl (C=O) groups is 5. The summed E-state index contributed by atoms with van der Waals surface area (Å²) in [6.07, 6.45) is -6.55. The predicted octanol–water partition coefficient (Wildman–Crippen LogP) is 1.22. The Kier molecular flexibility index (Phi) is 7.95. The fourth-order valence-electron chi connectivity index (χ4n) is 3.31. The summed E-state index contributed by atoms with van der Waals surface area (Å²) in [5.41, 5.74) is -1.54. The number of aliphatic carboxylic acids is 1. The SMILES string of the molecule is C[C@H](NC(=O)c1cccc(C(F)(F)F)c1)C(=O)N1CC(F)(F)CC1C(=O)N[C@H](C=O)CC(=O)O. The molecular formula is C20H20F5N3O6. The van der Waals surface area contributed by atoms with Crippen LogP contribution in [0.1, 0.15) is 35.7 Å². The van der Waals surface area contributed by atoms with Gasteiger partial charge in [0.05, 0.1) is 24.6 Å². The lowest BCUT2D eigenvalue weighted by molar-refractivity contribution is -0.142. The van der Waals surface area contributed by atoms with Crippen LogP contribution in [0.15, 0.2) is 24.3 Å². The normalized spacial score (nSPS) is 19.1. The standard InChI is InChI=1S/C20H20F5N3O6/c1-10(26-16(32)11-3-2-4-12(5-11)20(23,24)25)18(34)28-9-19(21,22)7-14(28)17(33)27-13(8-29)6-15(30)31/h2-5,8,10,13-14H,6-7,9H2,1H3,(H,26,32)(H,27,33)(H,30,31)/t10-,13-,14?/m0/s1. The van der Waals surface area contributed by atoms with E-state index >= 15 is 0 Å². The quantitative estimate of drug-likeness (QED) is 0.369. The Labute approximate surface area is 189 Å². The zero-order valence-corrected chi connectivity index (χ0v) is 17.6. The van der Waals surface area contributed by atoms with Crippen molar-refractivity contribution in [3.05, 3.63) is 35.4 Å². The van der Waals surface area contributed by atoms with Crippen molar-refractivity contribution in [3.63, 3.8) is 0 Å². The summed E-state index contributed by atoms with van der Waals surface area (Å²) in [6.45, 7) is -0.101. The second-order valence-corrected chi connectivity index (χ2v) is 7.66. The molecule has 0 saturated carbocycles. The number of hydrogen-bond acceptors (Lipinski definition) is 5. The molecule has 0 bridgehead atoms. The van der Waals surface area contributed by atoms with Gasteiger partial charge in [0.25, 0.3) is 11.8 Å². The average molecular weight is 493 g/mol. The van der Waals surface area contributed by atoms with Crippen molar-refractivity contribution in [3.8, 4) is 0 Å². The molecule has 1 aromatic carbocycles. The highest BCUT2D eigenvalue weighted by molar-refractivity contribution is 5.98. The minimum Gasteiger partial charge on any atom is -0.481 e. The number of rotatable bonds is 8. The van der Waals surface area contributed by atoms with Gasteiger partial charge in [0, 0.05) is 12.0 Å². The lowest BCUT2D eigenvalue weighted by Gasteiger charge is -2.27. The third kappa shape index (κ3) is 6.71. The third-order valence-electron chi connectivity index (χ3n) is 4.91. The highest BCUT2D eigenvalue weighted by atomic mass is 19.4. The van der Waals surface area contributed by atoms with Crippen LogP contribution in [0.25, 0.3) is 0 Å². The molecule has 1 unspecified atom stereocenters. The maximum absolute atomic E-state index is 14.0. The van der Waals surface area contributed by atoms with E-state index in [1.165, 1.54) is 0 Å². The van der Waals surface area contributed by atoms with Crippen molar-refractivity contribution in [1.82, 2.24) is 15.5 Å². The van der Waals surface area contributed by atoms with Crippen molar-refractivity contribution >= 4 is 30.0 Å². The fraction of sp³-hybridized carbons (Fsp3) is 0.450. The summed E-state index contributed by atoms with van der Waals surface area (Å²) in [5, 5.41) is 12.8. The summed E-state index contributed by atoms with van der Waals surface area (Å²) < 4.78 is 66.6. The van der Waals surface area contributed by atoms with E-state index in [1.54, 1.807) is 0 Å². The van der Waals surface area contributed by atoms with E-state index < -0.39 is 84.4 Å². The van der Waals surface area contributed by atoms with Crippen LogP contribution < -0.4 is 10.6 Å². The van der Waals surface area contributed by atoms with Crippen molar-refractivity contribution in [1.29, 1.82) is 0 Å². The van der Waals surface area contributed by atoms with Crippen LogP contribution in [0.2, 0.25) is 0 Å². The minimum absolute atomic E-state index is 0.100. The van der Waals surface area contributed by atoms with E-state index in [0.29, 0.717) is 11.0 Å². The molecule has 1 aliphatic heterocycles. The molecule has 3 amide bonds. The zero-order valence-electron chi connectivity index (χ0n) is 17.6. The van der Waals surface area contributed by atoms with Gasteiger partial charge in [-0.25, -0.2) is 8.78 Å². The first-order valence-electron chi connectivity index (χ1n) is 9.78. The molecule has 186 valence electrons. The van der Waals surface area contributed by atoms with Gasteiger partial charge in [-0.1, -0.05) is 6.07 Å². The summed E-state index contributed by atoms with van der Waals surface area (Å²) in [6, 6.07) is -1.48. The van der Waals surface area contributed by atoms with Crippen LogP contribution in [0.4, 0.5) is 22.0 Å². The summed E-state index contributed by atoms with van der Waals surface area (Å²) in [4.78, 5) is 59.6. The number of carboxylic acid groups (broad SMARTS) is 1. The topological polar surface area (TPSA) is 133 Å².